The average molecular weight is 346 g/mol. The van der Waals surface area contributed by atoms with Gasteiger partial charge in [0.2, 0.25) is 0 Å². The Morgan fingerprint density at radius 3 is 2.81 bits per heavy atom. The molecule has 3 aromatic rings. The van der Waals surface area contributed by atoms with E-state index in [1.54, 1.807) is 19.1 Å². The molecule has 6 nitrogen and oxygen atoms in total. The molecular weight excluding hydrogens is 328 g/mol. The van der Waals surface area contributed by atoms with Crippen LogP contribution in [0.4, 0.5) is 0 Å². The van der Waals surface area contributed by atoms with Crippen molar-refractivity contribution in [3.8, 4) is 11.8 Å². The summed E-state index contributed by atoms with van der Waals surface area (Å²) in [6.45, 7) is 4.22. The first kappa shape index (κ1) is 16.3. The van der Waals surface area contributed by atoms with Gasteiger partial charge < -0.3 is 9.72 Å². The number of H-pyrrole nitrogens is 1. The van der Waals surface area contributed by atoms with E-state index in [9.17, 15) is 4.79 Å². The Morgan fingerprint density at radius 2 is 2.08 bits per heavy atom. The highest BCUT2D eigenvalue weighted by molar-refractivity contribution is 5.74. The third kappa shape index (κ3) is 3.30. The van der Waals surface area contributed by atoms with Crippen LogP contribution in [0.3, 0.4) is 0 Å². The van der Waals surface area contributed by atoms with Gasteiger partial charge in [0.05, 0.1) is 22.7 Å². The number of nitriles is 1. The quantitative estimate of drug-likeness (QED) is 0.784. The smallest absolute Gasteiger partial charge is 0.251 e. The topological polar surface area (TPSA) is 82.0 Å². The number of aromatic nitrogens is 2. The molecule has 0 bridgehead atoms. The van der Waals surface area contributed by atoms with E-state index in [2.05, 4.69) is 20.9 Å². The van der Waals surface area contributed by atoms with Gasteiger partial charge >= 0.3 is 0 Å². The number of nitrogens with one attached hydrogen (secondary N) is 1. The van der Waals surface area contributed by atoms with Crippen molar-refractivity contribution >= 4 is 11.0 Å². The fourth-order valence-electron chi connectivity index (χ4n) is 3.10. The maximum absolute atomic E-state index is 11.8. The summed E-state index contributed by atoms with van der Waals surface area (Å²) in [5.74, 6) is 0.786. The van der Waals surface area contributed by atoms with Gasteiger partial charge in [-0.05, 0) is 48.9 Å². The van der Waals surface area contributed by atoms with Crippen LogP contribution in [0.1, 0.15) is 16.7 Å². The van der Waals surface area contributed by atoms with Crippen LogP contribution in [0.2, 0.25) is 0 Å². The molecule has 1 N–H and O–H groups in total. The van der Waals surface area contributed by atoms with Crippen molar-refractivity contribution in [3.63, 3.8) is 0 Å². The predicted octanol–water partition coefficient (Wildman–Crippen LogP) is 2.37. The Bertz CT molecular complexity index is 1040. The van der Waals surface area contributed by atoms with Gasteiger partial charge in [0, 0.05) is 31.4 Å². The molecule has 0 saturated carbocycles. The second-order valence-corrected chi connectivity index (χ2v) is 6.63. The van der Waals surface area contributed by atoms with Crippen LogP contribution >= 0.6 is 0 Å². The number of aryl methyl sites for hydroxylation is 1. The third-order valence-electron chi connectivity index (χ3n) is 4.55. The molecule has 26 heavy (non-hydrogen) atoms. The molecule has 6 heteroatoms. The lowest BCUT2D eigenvalue weighted by atomic mass is 10.1. The molecular formula is C20H18N4O2. The van der Waals surface area contributed by atoms with Gasteiger partial charge in [-0.2, -0.15) is 5.26 Å². The maximum Gasteiger partial charge on any atom is 0.251 e. The SMILES string of the molecule is Cc1cc2ncc(CN3CC(Oc4ccc(C#N)cc4)C3)cc2[nH]c1=O. The van der Waals surface area contributed by atoms with Gasteiger partial charge in [-0.25, -0.2) is 0 Å². The molecule has 1 aromatic carbocycles. The fraction of sp³-hybridized carbons (Fsp3) is 0.250. The summed E-state index contributed by atoms with van der Waals surface area (Å²) in [4.78, 5) is 21.3. The van der Waals surface area contributed by atoms with Crippen molar-refractivity contribution in [3.05, 3.63) is 69.6 Å². The first-order valence-corrected chi connectivity index (χ1v) is 8.48. The molecule has 130 valence electrons. The number of hydrogen-bond donors (Lipinski definition) is 1. The summed E-state index contributed by atoms with van der Waals surface area (Å²) >= 11 is 0. The lowest BCUT2D eigenvalue weighted by molar-refractivity contribution is 0.0145. The molecule has 4 rings (SSSR count). The van der Waals surface area contributed by atoms with Crippen LogP contribution in [0.15, 0.2) is 47.4 Å². The minimum Gasteiger partial charge on any atom is -0.488 e. The predicted molar refractivity (Wildman–Crippen MR) is 98.0 cm³/mol. The number of fused-ring (bicyclic) bond motifs is 1. The van der Waals surface area contributed by atoms with E-state index in [-0.39, 0.29) is 11.7 Å². The lowest BCUT2D eigenvalue weighted by Crippen LogP contribution is -2.53. The molecule has 0 unspecified atom stereocenters. The highest BCUT2D eigenvalue weighted by atomic mass is 16.5. The van der Waals surface area contributed by atoms with E-state index in [1.165, 1.54) is 0 Å². The second-order valence-electron chi connectivity index (χ2n) is 6.63. The Morgan fingerprint density at radius 1 is 1.31 bits per heavy atom. The van der Waals surface area contributed by atoms with E-state index in [0.717, 1.165) is 42.0 Å². The summed E-state index contributed by atoms with van der Waals surface area (Å²) in [5.41, 5.74) is 3.86. The number of nitrogens with zero attached hydrogens (tertiary/aromatic N) is 3. The Hall–Kier alpha value is -3.17. The zero-order valence-corrected chi connectivity index (χ0v) is 14.4. The van der Waals surface area contributed by atoms with Crippen molar-refractivity contribution < 1.29 is 4.74 Å². The lowest BCUT2D eigenvalue weighted by Gasteiger charge is -2.39. The monoisotopic (exact) mass is 346 g/mol. The summed E-state index contributed by atoms with van der Waals surface area (Å²) in [6.07, 6.45) is 2.01. The van der Waals surface area contributed by atoms with E-state index in [4.69, 9.17) is 10.00 Å². The van der Waals surface area contributed by atoms with Crippen molar-refractivity contribution in [1.29, 1.82) is 5.26 Å². The summed E-state index contributed by atoms with van der Waals surface area (Å²) in [6, 6.07) is 13.1. The van der Waals surface area contributed by atoms with Gasteiger partial charge in [-0.1, -0.05) is 0 Å². The molecule has 0 radical (unpaired) electrons. The minimum absolute atomic E-state index is 0.0729. The van der Waals surface area contributed by atoms with Crippen LogP contribution < -0.4 is 10.3 Å². The second kappa shape index (κ2) is 6.62. The Labute approximate surface area is 150 Å². The first-order valence-electron chi connectivity index (χ1n) is 8.48. The molecule has 1 fully saturated rings. The van der Waals surface area contributed by atoms with Crippen LogP contribution in [0, 0.1) is 18.3 Å². The fourth-order valence-corrected chi connectivity index (χ4v) is 3.10. The van der Waals surface area contributed by atoms with E-state index in [1.807, 2.05) is 30.5 Å². The van der Waals surface area contributed by atoms with Crippen molar-refractivity contribution in [1.82, 2.24) is 14.9 Å². The summed E-state index contributed by atoms with van der Waals surface area (Å²) < 4.78 is 5.90. The number of ether oxygens (including phenoxy) is 1. The molecule has 0 atom stereocenters. The molecule has 0 spiro atoms. The van der Waals surface area contributed by atoms with Gasteiger partial charge in [-0.3, -0.25) is 14.7 Å². The largest absolute Gasteiger partial charge is 0.488 e. The average Bonchev–Trinajstić information content (AvgIpc) is 2.61. The normalized spacial score (nSPS) is 14.8. The molecule has 2 aromatic heterocycles. The van der Waals surface area contributed by atoms with Crippen molar-refractivity contribution in [2.45, 2.75) is 19.6 Å². The molecule has 1 aliphatic heterocycles. The molecule has 0 amide bonds. The number of likely N-dealkylation sites (tertiary alicyclic amines) is 1. The number of aromatic amines is 1. The van der Waals surface area contributed by atoms with Crippen molar-refractivity contribution in [2.24, 2.45) is 0 Å². The van der Waals surface area contributed by atoms with Gasteiger partial charge in [0.25, 0.3) is 5.56 Å². The Balaban J connectivity index is 1.36. The van der Waals surface area contributed by atoms with Gasteiger partial charge in [0.1, 0.15) is 11.9 Å². The molecule has 1 saturated heterocycles. The van der Waals surface area contributed by atoms with Crippen LogP contribution in [-0.2, 0) is 6.54 Å². The van der Waals surface area contributed by atoms with Gasteiger partial charge in [0.15, 0.2) is 0 Å². The van der Waals surface area contributed by atoms with E-state index in [0.29, 0.717) is 11.1 Å². The van der Waals surface area contributed by atoms with Crippen LogP contribution in [0.5, 0.6) is 5.75 Å². The Kier molecular flexibility index (Phi) is 4.15. The van der Waals surface area contributed by atoms with E-state index < -0.39 is 0 Å². The minimum atomic E-state index is -0.0729. The first-order chi connectivity index (χ1) is 12.6. The molecule has 1 aliphatic rings. The zero-order valence-electron chi connectivity index (χ0n) is 14.4. The number of hydrogen-bond acceptors (Lipinski definition) is 5. The van der Waals surface area contributed by atoms with Crippen LogP contribution in [0.25, 0.3) is 11.0 Å². The van der Waals surface area contributed by atoms with E-state index >= 15 is 0 Å². The summed E-state index contributed by atoms with van der Waals surface area (Å²) in [5, 5.41) is 8.82. The summed E-state index contributed by atoms with van der Waals surface area (Å²) in [7, 11) is 0. The van der Waals surface area contributed by atoms with Gasteiger partial charge in [-0.15, -0.1) is 0 Å². The maximum atomic E-state index is 11.8. The number of benzene rings is 1. The molecule has 0 aliphatic carbocycles. The number of pyridine rings is 2. The standard InChI is InChI=1S/C20H18N4O2/c1-13-6-18-19(23-20(13)25)7-15(9-22-18)10-24-11-17(12-24)26-16-4-2-14(8-21)3-5-16/h2-7,9,17H,10-12H2,1H3,(H,23,25). The highest BCUT2D eigenvalue weighted by Gasteiger charge is 2.28. The van der Waals surface area contributed by atoms with Crippen molar-refractivity contribution in [2.75, 3.05) is 13.1 Å². The third-order valence-corrected chi connectivity index (χ3v) is 4.55. The highest BCUT2D eigenvalue weighted by Crippen LogP contribution is 2.21. The zero-order chi connectivity index (χ0) is 18.1. The number of rotatable bonds is 4. The van der Waals surface area contributed by atoms with Crippen LogP contribution in [-0.4, -0.2) is 34.1 Å². The molecule has 3 heterocycles.